The minimum atomic E-state index is -0.700. The Balaban J connectivity index is 2.24. The highest BCUT2D eigenvalue weighted by Gasteiger charge is 2.23. The van der Waals surface area contributed by atoms with Gasteiger partial charge in [-0.1, -0.05) is 19.8 Å². The van der Waals surface area contributed by atoms with Gasteiger partial charge in [0.2, 0.25) is 0 Å². The Morgan fingerprint density at radius 3 is 2.76 bits per heavy atom. The van der Waals surface area contributed by atoms with E-state index in [1.165, 1.54) is 0 Å². The molecule has 1 fully saturated rings. The van der Waals surface area contributed by atoms with E-state index in [-0.39, 0.29) is 12.5 Å². The molecule has 0 radical (unpaired) electrons. The maximum absolute atomic E-state index is 10.4. The van der Waals surface area contributed by atoms with Crippen LogP contribution < -0.4 is 0 Å². The summed E-state index contributed by atoms with van der Waals surface area (Å²) in [6.45, 7) is 4.27. The first-order chi connectivity index (χ1) is 8.24. The molecule has 1 saturated heterocycles. The lowest BCUT2D eigenvalue weighted by atomic mass is 9.91. The lowest BCUT2D eigenvalue weighted by molar-refractivity contribution is -0.137. The number of rotatable bonds is 8. The number of unbranched alkanes of at least 4 members (excludes halogenated alkanes) is 1. The molecule has 0 spiro atoms. The van der Waals surface area contributed by atoms with Gasteiger partial charge in [0, 0.05) is 6.42 Å². The monoisotopic (exact) mass is 244 g/mol. The van der Waals surface area contributed by atoms with E-state index in [1.807, 2.05) is 0 Å². The van der Waals surface area contributed by atoms with Gasteiger partial charge in [-0.05, 0) is 25.2 Å². The van der Waals surface area contributed by atoms with E-state index >= 15 is 0 Å². The lowest BCUT2D eigenvalue weighted by Crippen LogP contribution is -2.35. The molecule has 0 saturated carbocycles. The minimum Gasteiger partial charge on any atom is -0.481 e. The molecule has 1 aliphatic heterocycles. The van der Waals surface area contributed by atoms with E-state index < -0.39 is 5.97 Å². The van der Waals surface area contributed by atoms with Crippen LogP contribution in [0.4, 0.5) is 0 Å². The second-order valence-electron chi connectivity index (χ2n) is 4.67. The molecule has 0 bridgehead atoms. The molecular weight excluding hydrogens is 220 g/mol. The summed E-state index contributed by atoms with van der Waals surface area (Å²) in [5, 5.41) is 8.59. The maximum Gasteiger partial charge on any atom is 0.303 e. The highest BCUT2D eigenvalue weighted by Crippen LogP contribution is 2.23. The molecule has 17 heavy (non-hydrogen) atoms. The van der Waals surface area contributed by atoms with Gasteiger partial charge in [0.1, 0.15) is 0 Å². The Bertz CT molecular complexity index is 211. The van der Waals surface area contributed by atoms with Crippen LogP contribution in [0.15, 0.2) is 0 Å². The average Bonchev–Trinajstić information content (AvgIpc) is 2.34. The Morgan fingerprint density at radius 2 is 2.18 bits per heavy atom. The molecule has 0 aromatic carbocycles. The van der Waals surface area contributed by atoms with Gasteiger partial charge in [0.15, 0.2) is 0 Å². The van der Waals surface area contributed by atoms with Crippen LogP contribution in [0.1, 0.15) is 45.4 Å². The summed E-state index contributed by atoms with van der Waals surface area (Å²) in [4.78, 5) is 10.4. The molecule has 1 rings (SSSR count). The van der Waals surface area contributed by atoms with E-state index in [9.17, 15) is 4.79 Å². The van der Waals surface area contributed by atoms with Gasteiger partial charge in [-0.15, -0.1) is 0 Å². The summed E-state index contributed by atoms with van der Waals surface area (Å²) in [7, 11) is 0. The third kappa shape index (κ3) is 6.03. The van der Waals surface area contributed by atoms with Gasteiger partial charge in [-0.2, -0.15) is 0 Å². The zero-order valence-corrected chi connectivity index (χ0v) is 10.7. The fourth-order valence-corrected chi connectivity index (χ4v) is 2.35. The molecule has 4 nitrogen and oxygen atoms in total. The zero-order valence-electron chi connectivity index (χ0n) is 10.7. The van der Waals surface area contributed by atoms with Crippen LogP contribution in [0.25, 0.3) is 0 Å². The van der Waals surface area contributed by atoms with Gasteiger partial charge < -0.3 is 14.6 Å². The molecule has 0 amide bonds. The summed E-state index contributed by atoms with van der Waals surface area (Å²) in [5.74, 6) is -0.177. The van der Waals surface area contributed by atoms with Crippen LogP contribution in [0.3, 0.4) is 0 Å². The smallest absolute Gasteiger partial charge is 0.303 e. The highest BCUT2D eigenvalue weighted by atomic mass is 16.6. The maximum atomic E-state index is 10.4. The molecule has 0 aromatic rings. The Labute approximate surface area is 103 Å². The van der Waals surface area contributed by atoms with Crippen LogP contribution >= 0.6 is 0 Å². The number of hydrogen-bond donors (Lipinski definition) is 1. The van der Waals surface area contributed by atoms with Gasteiger partial charge in [-0.25, -0.2) is 0 Å². The zero-order chi connectivity index (χ0) is 12.5. The van der Waals surface area contributed by atoms with Crippen molar-refractivity contribution in [1.29, 1.82) is 0 Å². The Hall–Kier alpha value is -0.610. The van der Waals surface area contributed by atoms with Crippen molar-refractivity contribution in [1.82, 2.24) is 0 Å². The molecule has 4 heteroatoms. The second kappa shape index (κ2) is 8.48. The third-order valence-electron chi connectivity index (χ3n) is 3.24. The average molecular weight is 244 g/mol. The Kier molecular flexibility index (Phi) is 7.21. The second-order valence-corrected chi connectivity index (χ2v) is 4.67. The van der Waals surface area contributed by atoms with E-state index in [4.69, 9.17) is 14.6 Å². The molecular formula is C13H24O4. The lowest BCUT2D eigenvalue weighted by Gasteiger charge is -2.30. The van der Waals surface area contributed by atoms with Crippen molar-refractivity contribution < 1.29 is 19.4 Å². The van der Waals surface area contributed by atoms with Crippen LogP contribution in [0.5, 0.6) is 0 Å². The van der Waals surface area contributed by atoms with Crippen LogP contribution in [0.2, 0.25) is 0 Å². The number of carboxylic acid groups (broad SMARTS) is 1. The van der Waals surface area contributed by atoms with Crippen molar-refractivity contribution in [3.63, 3.8) is 0 Å². The van der Waals surface area contributed by atoms with Crippen molar-refractivity contribution in [3.8, 4) is 0 Å². The molecule has 2 atom stereocenters. The molecule has 100 valence electrons. The summed E-state index contributed by atoms with van der Waals surface area (Å²) in [6.07, 6.45) is 5.56. The van der Waals surface area contributed by atoms with E-state index in [0.29, 0.717) is 25.7 Å². The molecule has 1 heterocycles. The van der Waals surface area contributed by atoms with Crippen LogP contribution in [-0.2, 0) is 14.3 Å². The van der Waals surface area contributed by atoms with E-state index in [0.717, 1.165) is 32.1 Å². The largest absolute Gasteiger partial charge is 0.481 e. The van der Waals surface area contributed by atoms with Crippen molar-refractivity contribution in [2.24, 2.45) is 5.92 Å². The summed E-state index contributed by atoms with van der Waals surface area (Å²) < 4.78 is 11.2. The fourth-order valence-electron chi connectivity index (χ4n) is 2.35. The van der Waals surface area contributed by atoms with Crippen molar-refractivity contribution >= 4 is 5.97 Å². The Morgan fingerprint density at radius 1 is 1.35 bits per heavy atom. The molecule has 0 aliphatic carbocycles. The first-order valence-electron chi connectivity index (χ1n) is 6.65. The van der Waals surface area contributed by atoms with Crippen molar-refractivity contribution in [2.45, 2.75) is 51.6 Å². The topological polar surface area (TPSA) is 55.8 Å². The summed E-state index contributed by atoms with van der Waals surface area (Å²) in [5.41, 5.74) is 0. The quantitative estimate of drug-likeness (QED) is 0.666. The number of carbonyl (C=O) groups is 1. The minimum absolute atomic E-state index is 0.216. The number of aliphatic carboxylic acids is 1. The van der Waals surface area contributed by atoms with E-state index in [1.54, 1.807) is 0 Å². The molecule has 2 unspecified atom stereocenters. The fraction of sp³-hybridized carbons (Fsp3) is 0.923. The predicted molar refractivity (Wildman–Crippen MR) is 65.1 cm³/mol. The number of ether oxygens (including phenoxy) is 2. The first kappa shape index (κ1) is 14.5. The predicted octanol–water partition coefficient (Wildman–Crippen LogP) is 2.46. The SMILES string of the molecule is CCCC(CCCCC(=O)O)C1COCCO1. The molecule has 1 N–H and O–H groups in total. The summed E-state index contributed by atoms with van der Waals surface area (Å²) in [6, 6.07) is 0. The van der Waals surface area contributed by atoms with Gasteiger partial charge in [0.05, 0.1) is 25.9 Å². The number of hydrogen-bond acceptors (Lipinski definition) is 3. The van der Waals surface area contributed by atoms with E-state index in [2.05, 4.69) is 6.92 Å². The molecule has 0 aromatic heterocycles. The standard InChI is InChI=1S/C13H24O4/c1-2-5-11(6-3-4-7-13(14)15)12-10-16-8-9-17-12/h11-12H,2-10H2,1H3,(H,14,15). The van der Waals surface area contributed by atoms with Crippen molar-refractivity contribution in [2.75, 3.05) is 19.8 Å². The summed E-state index contributed by atoms with van der Waals surface area (Å²) >= 11 is 0. The van der Waals surface area contributed by atoms with Gasteiger partial charge in [0.25, 0.3) is 0 Å². The van der Waals surface area contributed by atoms with Gasteiger partial charge >= 0.3 is 5.97 Å². The van der Waals surface area contributed by atoms with Gasteiger partial charge in [-0.3, -0.25) is 4.79 Å². The van der Waals surface area contributed by atoms with Crippen LogP contribution in [-0.4, -0.2) is 37.0 Å². The van der Waals surface area contributed by atoms with Crippen LogP contribution in [0, 0.1) is 5.92 Å². The molecule has 1 aliphatic rings. The number of carboxylic acids is 1. The van der Waals surface area contributed by atoms with Crippen molar-refractivity contribution in [3.05, 3.63) is 0 Å². The highest BCUT2D eigenvalue weighted by molar-refractivity contribution is 5.66. The first-order valence-corrected chi connectivity index (χ1v) is 6.65. The normalized spacial score (nSPS) is 22.3. The third-order valence-corrected chi connectivity index (χ3v) is 3.24.